The molecule has 0 spiro atoms. The van der Waals surface area contributed by atoms with Crippen LogP contribution >= 0.6 is 0 Å². The average molecular weight is 439 g/mol. The maximum Gasteiger partial charge on any atom is 0.251 e. The van der Waals surface area contributed by atoms with Gasteiger partial charge < -0.3 is 15.0 Å². The Morgan fingerprint density at radius 3 is 2.62 bits per heavy atom. The molecule has 2 saturated heterocycles. The van der Waals surface area contributed by atoms with Crippen molar-refractivity contribution in [1.29, 1.82) is 0 Å². The summed E-state index contributed by atoms with van der Waals surface area (Å²) in [6.07, 6.45) is 4.36. The Kier molecular flexibility index (Phi) is 6.89. The summed E-state index contributed by atoms with van der Waals surface area (Å²) in [5.41, 5.74) is 2.01. The summed E-state index contributed by atoms with van der Waals surface area (Å²) in [6.45, 7) is 1.66. The van der Waals surface area contributed by atoms with Crippen LogP contribution in [-0.2, 0) is 20.7 Å². The van der Waals surface area contributed by atoms with Crippen molar-refractivity contribution in [1.82, 2.24) is 10.2 Å². The van der Waals surface area contributed by atoms with Gasteiger partial charge in [-0.1, -0.05) is 36.4 Å². The van der Waals surface area contributed by atoms with Gasteiger partial charge in [0.1, 0.15) is 11.9 Å². The molecule has 2 aliphatic heterocycles. The Morgan fingerprint density at radius 2 is 1.91 bits per heavy atom. The predicted molar refractivity (Wildman–Crippen MR) is 121 cm³/mol. The number of ether oxygens (including phenoxy) is 1. The first-order valence-corrected chi connectivity index (χ1v) is 11.5. The molecule has 0 radical (unpaired) electrons. The first kappa shape index (κ1) is 22.5. The summed E-state index contributed by atoms with van der Waals surface area (Å²) in [5, 5.41) is 2.83. The average Bonchev–Trinajstić information content (AvgIpc) is 2.84. The molecule has 1 N–H and O–H groups in total. The van der Waals surface area contributed by atoms with Gasteiger partial charge in [0.15, 0.2) is 0 Å². The van der Waals surface area contributed by atoms with Crippen LogP contribution in [0, 0.1) is 11.2 Å². The topological polar surface area (TPSA) is 58.6 Å². The lowest BCUT2D eigenvalue weighted by Crippen LogP contribution is -2.56. The van der Waals surface area contributed by atoms with E-state index >= 15 is 0 Å². The van der Waals surface area contributed by atoms with Gasteiger partial charge in [-0.2, -0.15) is 0 Å². The molecular formula is C26H31FN2O3. The molecule has 2 aromatic rings. The number of amides is 2. The van der Waals surface area contributed by atoms with E-state index in [2.05, 4.69) is 5.32 Å². The van der Waals surface area contributed by atoms with Crippen molar-refractivity contribution < 1.29 is 18.7 Å². The maximum atomic E-state index is 13.7. The Morgan fingerprint density at radius 1 is 1.12 bits per heavy atom. The highest BCUT2D eigenvalue weighted by molar-refractivity contribution is 5.86. The normalized spacial score (nSPS) is 23.6. The first-order valence-electron chi connectivity index (χ1n) is 11.5. The number of likely N-dealkylation sites (tertiary alicyclic amines) is 1. The molecule has 2 aromatic carbocycles. The van der Waals surface area contributed by atoms with Crippen molar-refractivity contribution >= 4 is 11.8 Å². The molecule has 0 bridgehead atoms. The minimum atomic E-state index is -0.697. The van der Waals surface area contributed by atoms with E-state index in [1.165, 1.54) is 12.1 Å². The lowest BCUT2D eigenvalue weighted by Gasteiger charge is -2.43. The van der Waals surface area contributed by atoms with E-state index in [-0.39, 0.29) is 23.7 Å². The van der Waals surface area contributed by atoms with Gasteiger partial charge in [0, 0.05) is 26.7 Å². The lowest BCUT2D eigenvalue weighted by atomic mass is 9.74. The fraction of sp³-hybridized carbons (Fsp3) is 0.462. The van der Waals surface area contributed by atoms with Gasteiger partial charge in [0.05, 0.1) is 5.41 Å². The number of rotatable bonds is 5. The van der Waals surface area contributed by atoms with E-state index in [1.54, 1.807) is 13.1 Å². The predicted octanol–water partition coefficient (Wildman–Crippen LogP) is 3.96. The number of nitrogens with one attached hydrogen (secondary N) is 1. The second-order valence-corrected chi connectivity index (χ2v) is 8.97. The molecule has 170 valence electrons. The number of halogens is 1. The number of piperidine rings is 1. The molecular weight excluding hydrogens is 407 g/mol. The number of hydrogen-bond acceptors (Lipinski definition) is 3. The summed E-state index contributed by atoms with van der Waals surface area (Å²) in [6, 6.07) is 14.4. The monoisotopic (exact) mass is 438 g/mol. The lowest BCUT2D eigenvalue weighted by molar-refractivity contribution is -0.152. The van der Waals surface area contributed by atoms with Gasteiger partial charge in [-0.05, 0) is 67.3 Å². The molecule has 2 amide bonds. The van der Waals surface area contributed by atoms with Gasteiger partial charge in [-0.15, -0.1) is 0 Å². The highest BCUT2D eigenvalue weighted by Crippen LogP contribution is 2.36. The van der Waals surface area contributed by atoms with Gasteiger partial charge in [-0.25, -0.2) is 4.39 Å². The van der Waals surface area contributed by atoms with Crippen LogP contribution in [0.4, 0.5) is 4.39 Å². The number of carbonyl (C=O) groups is 2. The third-order valence-electron chi connectivity index (χ3n) is 6.68. The van der Waals surface area contributed by atoms with Crippen LogP contribution in [0.1, 0.15) is 37.7 Å². The molecule has 0 aromatic heterocycles. The second-order valence-electron chi connectivity index (χ2n) is 8.97. The van der Waals surface area contributed by atoms with Crippen LogP contribution in [0.3, 0.4) is 0 Å². The molecule has 32 heavy (non-hydrogen) atoms. The zero-order valence-electron chi connectivity index (χ0n) is 18.6. The minimum Gasteiger partial charge on any atom is -0.368 e. The molecule has 2 fully saturated rings. The molecule has 2 heterocycles. The fourth-order valence-electron chi connectivity index (χ4n) is 5.05. The first-order chi connectivity index (χ1) is 15.5. The van der Waals surface area contributed by atoms with Crippen molar-refractivity contribution in [3.8, 4) is 11.1 Å². The van der Waals surface area contributed by atoms with Gasteiger partial charge in [0.25, 0.3) is 5.91 Å². The van der Waals surface area contributed by atoms with Crippen molar-refractivity contribution in [2.24, 2.45) is 5.41 Å². The van der Waals surface area contributed by atoms with E-state index in [0.717, 1.165) is 42.4 Å². The maximum absolute atomic E-state index is 13.7. The van der Waals surface area contributed by atoms with E-state index in [1.807, 2.05) is 35.2 Å². The number of hydrogen-bond donors (Lipinski definition) is 1. The van der Waals surface area contributed by atoms with E-state index < -0.39 is 5.41 Å². The Labute approximate surface area is 188 Å². The van der Waals surface area contributed by atoms with Crippen molar-refractivity contribution in [2.45, 2.75) is 44.6 Å². The fourth-order valence-corrected chi connectivity index (χ4v) is 5.05. The minimum absolute atomic E-state index is 0.00573. The standard InChI is InChI=1S/C26H31FN2O3/c1-28-25(31)26(12-6-13-29(18-26)24(30)23-11-2-3-14-32-23)17-19-7-4-8-20(15-19)21-9-5-10-22(27)16-21/h4-5,7-10,15-16,23H,2-3,6,11-14,17-18H2,1H3,(H,28,31)/t23-,26-/m1/s1. The van der Waals surface area contributed by atoms with Gasteiger partial charge in [-0.3, -0.25) is 9.59 Å². The van der Waals surface area contributed by atoms with Crippen molar-refractivity contribution in [2.75, 3.05) is 26.7 Å². The summed E-state index contributed by atoms with van der Waals surface area (Å²) >= 11 is 0. The molecule has 0 saturated carbocycles. The molecule has 4 rings (SSSR count). The van der Waals surface area contributed by atoms with Crippen LogP contribution in [0.5, 0.6) is 0 Å². The summed E-state index contributed by atoms with van der Waals surface area (Å²) in [7, 11) is 1.65. The van der Waals surface area contributed by atoms with E-state index in [4.69, 9.17) is 4.74 Å². The second kappa shape index (κ2) is 9.82. The van der Waals surface area contributed by atoms with Gasteiger partial charge >= 0.3 is 0 Å². The zero-order chi connectivity index (χ0) is 22.6. The van der Waals surface area contributed by atoms with Crippen LogP contribution < -0.4 is 5.32 Å². The molecule has 2 atom stereocenters. The summed E-state index contributed by atoms with van der Waals surface area (Å²) in [4.78, 5) is 28.0. The highest BCUT2D eigenvalue weighted by Gasteiger charge is 2.44. The third-order valence-corrected chi connectivity index (χ3v) is 6.68. The summed E-state index contributed by atoms with van der Waals surface area (Å²) < 4.78 is 19.4. The van der Waals surface area contributed by atoms with Crippen LogP contribution in [-0.4, -0.2) is 49.6 Å². The van der Waals surface area contributed by atoms with Crippen LogP contribution in [0.25, 0.3) is 11.1 Å². The van der Waals surface area contributed by atoms with Crippen molar-refractivity contribution in [3.63, 3.8) is 0 Å². The molecule has 2 aliphatic rings. The number of benzene rings is 2. The Hall–Kier alpha value is -2.73. The zero-order valence-corrected chi connectivity index (χ0v) is 18.6. The SMILES string of the molecule is CNC(=O)[C@@]1(Cc2cccc(-c3cccc(F)c3)c2)CCCN(C(=O)[C@H]2CCCCO2)C1. The number of nitrogens with zero attached hydrogens (tertiary/aromatic N) is 1. The largest absolute Gasteiger partial charge is 0.368 e. The molecule has 0 unspecified atom stereocenters. The quantitative estimate of drug-likeness (QED) is 0.769. The Balaban J connectivity index is 1.57. The Bertz CT molecular complexity index is 973. The molecule has 0 aliphatic carbocycles. The smallest absolute Gasteiger partial charge is 0.251 e. The third kappa shape index (κ3) is 4.85. The van der Waals surface area contributed by atoms with E-state index in [0.29, 0.717) is 32.5 Å². The molecule has 6 heteroatoms. The van der Waals surface area contributed by atoms with Crippen LogP contribution in [0.2, 0.25) is 0 Å². The molecule has 5 nitrogen and oxygen atoms in total. The number of carbonyl (C=O) groups excluding carboxylic acids is 2. The van der Waals surface area contributed by atoms with Crippen molar-refractivity contribution in [3.05, 3.63) is 59.9 Å². The highest BCUT2D eigenvalue weighted by atomic mass is 19.1. The van der Waals surface area contributed by atoms with Gasteiger partial charge in [0.2, 0.25) is 5.91 Å². The van der Waals surface area contributed by atoms with Crippen LogP contribution in [0.15, 0.2) is 48.5 Å². The summed E-state index contributed by atoms with van der Waals surface area (Å²) in [5.74, 6) is -0.317. The van der Waals surface area contributed by atoms with E-state index in [9.17, 15) is 14.0 Å².